The van der Waals surface area contributed by atoms with Gasteiger partial charge >= 0.3 is 0 Å². The molecule has 0 unspecified atom stereocenters. The number of pyridine rings is 1. The summed E-state index contributed by atoms with van der Waals surface area (Å²) >= 11 is 0. The fourth-order valence-corrected chi connectivity index (χ4v) is 3.58. The molecule has 1 atom stereocenters. The van der Waals surface area contributed by atoms with E-state index in [0.717, 1.165) is 16.8 Å². The first-order chi connectivity index (χ1) is 14.5. The summed E-state index contributed by atoms with van der Waals surface area (Å²) in [6.45, 7) is 0.200. The van der Waals surface area contributed by atoms with Crippen LogP contribution >= 0.6 is 0 Å². The highest BCUT2D eigenvalue weighted by molar-refractivity contribution is 6.15. The van der Waals surface area contributed by atoms with Gasteiger partial charge < -0.3 is 19.3 Å². The number of aromatic nitrogens is 1. The lowest BCUT2D eigenvalue weighted by atomic mass is 9.94. The Morgan fingerprint density at radius 3 is 2.53 bits per heavy atom. The van der Waals surface area contributed by atoms with E-state index in [9.17, 15) is 14.7 Å². The second-order valence-corrected chi connectivity index (χ2v) is 7.25. The van der Waals surface area contributed by atoms with E-state index in [1.54, 1.807) is 24.5 Å². The smallest absolute Gasteiger partial charge is 0.290 e. The van der Waals surface area contributed by atoms with Crippen molar-refractivity contribution in [3.05, 3.63) is 95.4 Å². The highest BCUT2D eigenvalue weighted by Crippen LogP contribution is 2.40. The van der Waals surface area contributed by atoms with Gasteiger partial charge in [0.2, 0.25) is 5.78 Å². The van der Waals surface area contributed by atoms with Crippen molar-refractivity contribution in [2.24, 2.45) is 0 Å². The molecule has 7 heteroatoms. The molecule has 0 aliphatic carbocycles. The lowest BCUT2D eigenvalue weighted by Crippen LogP contribution is -2.30. The van der Waals surface area contributed by atoms with Gasteiger partial charge in [-0.3, -0.25) is 14.6 Å². The Bertz CT molecular complexity index is 1090. The number of furan rings is 1. The fourth-order valence-electron chi connectivity index (χ4n) is 3.58. The highest BCUT2D eigenvalue weighted by Gasteiger charge is 2.44. The number of aliphatic hydroxyl groups excluding tert-OH is 1. The van der Waals surface area contributed by atoms with Gasteiger partial charge in [-0.2, -0.15) is 0 Å². The van der Waals surface area contributed by atoms with Crippen molar-refractivity contribution in [3.8, 4) is 0 Å². The molecule has 1 aromatic carbocycles. The Hall–Kier alpha value is -3.87. The van der Waals surface area contributed by atoms with Crippen LogP contribution < -0.4 is 4.90 Å². The number of Topliss-reactive ketones (excluding diaryl/α,β-unsaturated/α-hetero) is 1. The normalized spacial score (nSPS) is 16.3. The van der Waals surface area contributed by atoms with E-state index >= 15 is 0 Å². The van der Waals surface area contributed by atoms with Gasteiger partial charge in [-0.1, -0.05) is 18.2 Å². The molecule has 0 spiro atoms. The van der Waals surface area contributed by atoms with Gasteiger partial charge in [-0.05, 0) is 41.5 Å². The number of nitrogens with zero attached hydrogens (tertiary/aromatic N) is 3. The van der Waals surface area contributed by atoms with Gasteiger partial charge in [0.25, 0.3) is 5.91 Å². The monoisotopic (exact) mass is 403 g/mol. The Balaban J connectivity index is 1.78. The number of hydrogen-bond acceptors (Lipinski definition) is 6. The van der Waals surface area contributed by atoms with E-state index in [2.05, 4.69) is 4.98 Å². The van der Waals surface area contributed by atoms with Crippen molar-refractivity contribution in [1.29, 1.82) is 0 Å². The maximum Gasteiger partial charge on any atom is 0.290 e. The molecule has 152 valence electrons. The SMILES string of the molecule is CN(C)c1ccc([C@H]2C(C(=O)c3ccco3)=C(O)C(=O)N2Cc2cccnc2)cc1. The Morgan fingerprint density at radius 1 is 1.17 bits per heavy atom. The van der Waals surface area contributed by atoms with Gasteiger partial charge in [-0.15, -0.1) is 0 Å². The zero-order valence-corrected chi connectivity index (χ0v) is 16.6. The van der Waals surface area contributed by atoms with Crippen LogP contribution in [0.25, 0.3) is 0 Å². The first-order valence-corrected chi connectivity index (χ1v) is 9.46. The molecule has 1 N–H and O–H groups in total. The zero-order chi connectivity index (χ0) is 21.3. The van der Waals surface area contributed by atoms with Crippen LogP contribution in [0.2, 0.25) is 0 Å². The molecule has 0 fully saturated rings. The van der Waals surface area contributed by atoms with Crippen molar-refractivity contribution >= 4 is 17.4 Å². The molecular weight excluding hydrogens is 382 g/mol. The third kappa shape index (κ3) is 3.45. The minimum Gasteiger partial charge on any atom is -0.503 e. The molecule has 2 aromatic heterocycles. The number of carbonyl (C=O) groups excluding carboxylic acids is 2. The van der Waals surface area contributed by atoms with Crippen LogP contribution in [-0.4, -0.2) is 40.8 Å². The summed E-state index contributed by atoms with van der Waals surface area (Å²) < 4.78 is 5.24. The molecule has 4 rings (SSSR count). The van der Waals surface area contributed by atoms with Crippen molar-refractivity contribution in [3.63, 3.8) is 0 Å². The van der Waals surface area contributed by atoms with Crippen LogP contribution in [0.3, 0.4) is 0 Å². The molecule has 1 aliphatic heterocycles. The van der Waals surface area contributed by atoms with E-state index in [4.69, 9.17) is 4.42 Å². The van der Waals surface area contributed by atoms with Gasteiger partial charge in [0, 0.05) is 38.7 Å². The van der Waals surface area contributed by atoms with E-state index < -0.39 is 23.5 Å². The van der Waals surface area contributed by atoms with E-state index in [1.807, 2.05) is 49.3 Å². The summed E-state index contributed by atoms with van der Waals surface area (Å²) in [7, 11) is 3.86. The quantitative estimate of drug-likeness (QED) is 0.634. The van der Waals surface area contributed by atoms with Crippen LogP contribution in [0.4, 0.5) is 5.69 Å². The van der Waals surface area contributed by atoms with E-state index in [0.29, 0.717) is 0 Å². The third-order valence-corrected chi connectivity index (χ3v) is 5.09. The minimum absolute atomic E-state index is 0.0106. The Kier molecular flexibility index (Phi) is 5.10. The molecular formula is C23H21N3O4. The van der Waals surface area contributed by atoms with Crippen LogP contribution in [0.15, 0.2) is 82.9 Å². The molecule has 0 saturated carbocycles. The Labute approximate surface area is 173 Å². The van der Waals surface area contributed by atoms with Crippen LogP contribution in [0.5, 0.6) is 0 Å². The molecule has 7 nitrogen and oxygen atoms in total. The lowest BCUT2D eigenvalue weighted by Gasteiger charge is -2.27. The average Bonchev–Trinajstić information content (AvgIpc) is 3.37. The summed E-state index contributed by atoms with van der Waals surface area (Å²) in [5, 5.41) is 10.7. The summed E-state index contributed by atoms with van der Waals surface area (Å²) in [6, 6.07) is 13.5. The standard InChI is InChI=1S/C23H21N3O4/c1-25(2)17-9-7-16(8-10-17)20-19(21(27)18-6-4-12-30-18)22(28)23(29)26(20)14-15-5-3-11-24-13-15/h3-13,20,28H,14H2,1-2H3/t20-/m0/s1. The first-order valence-electron chi connectivity index (χ1n) is 9.46. The molecule has 1 amide bonds. The van der Waals surface area contributed by atoms with E-state index in [-0.39, 0.29) is 17.9 Å². The number of rotatable bonds is 6. The third-order valence-electron chi connectivity index (χ3n) is 5.09. The molecule has 0 radical (unpaired) electrons. The fraction of sp³-hybridized carbons (Fsp3) is 0.174. The number of benzene rings is 1. The van der Waals surface area contributed by atoms with Gasteiger partial charge in [-0.25, -0.2) is 0 Å². The number of ketones is 1. The van der Waals surface area contributed by atoms with Crippen LogP contribution in [0, 0.1) is 0 Å². The predicted octanol–water partition coefficient (Wildman–Crippen LogP) is 3.52. The van der Waals surface area contributed by atoms with Gasteiger partial charge in [0.05, 0.1) is 17.9 Å². The van der Waals surface area contributed by atoms with Gasteiger partial charge in [0.1, 0.15) is 0 Å². The second kappa shape index (κ2) is 7.87. The lowest BCUT2D eigenvalue weighted by molar-refractivity contribution is -0.130. The zero-order valence-electron chi connectivity index (χ0n) is 16.6. The van der Waals surface area contributed by atoms with Crippen molar-refractivity contribution in [2.75, 3.05) is 19.0 Å². The number of carbonyl (C=O) groups is 2. The highest BCUT2D eigenvalue weighted by atomic mass is 16.3. The van der Waals surface area contributed by atoms with Gasteiger partial charge in [0.15, 0.2) is 11.5 Å². The summed E-state index contributed by atoms with van der Waals surface area (Å²) in [6.07, 6.45) is 4.69. The second-order valence-electron chi connectivity index (χ2n) is 7.25. The largest absolute Gasteiger partial charge is 0.503 e. The Morgan fingerprint density at radius 2 is 1.93 bits per heavy atom. The molecule has 30 heavy (non-hydrogen) atoms. The maximum atomic E-state index is 13.1. The maximum absolute atomic E-state index is 13.1. The van der Waals surface area contributed by atoms with E-state index in [1.165, 1.54) is 17.2 Å². The predicted molar refractivity (Wildman–Crippen MR) is 111 cm³/mol. The molecule has 0 saturated heterocycles. The number of hydrogen-bond donors (Lipinski definition) is 1. The number of aliphatic hydroxyl groups is 1. The first kappa shape index (κ1) is 19.4. The van der Waals surface area contributed by atoms with Crippen LogP contribution in [-0.2, 0) is 11.3 Å². The van der Waals surface area contributed by atoms with Crippen molar-refractivity contribution in [1.82, 2.24) is 9.88 Å². The molecule has 3 aromatic rings. The summed E-state index contributed by atoms with van der Waals surface area (Å²) in [4.78, 5) is 33.6. The molecule has 1 aliphatic rings. The molecule has 0 bridgehead atoms. The average molecular weight is 403 g/mol. The van der Waals surface area contributed by atoms with Crippen LogP contribution in [0.1, 0.15) is 27.7 Å². The molecule has 3 heterocycles. The van der Waals surface area contributed by atoms with Crippen molar-refractivity contribution in [2.45, 2.75) is 12.6 Å². The van der Waals surface area contributed by atoms with Crippen molar-refractivity contribution < 1.29 is 19.1 Å². The number of amides is 1. The minimum atomic E-state index is -0.744. The number of anilines is 1. The summed E-state index contributed by atoms with van der Waals surface area (Å²) in [5.41, 5.74) is 2.50. The topological polar surface area (TPSA) is 86.9 Å². The summed E-state index contributed by atoms with van der Waals surface area (Å²) in [5.74, 6) is -1.60.